The lowest BCUT2D eigenvalue weighted by molar-refractivity contribution is 0.0611. The normalized spacial score (nSPS) is 13.1. The van der Waals surface area contributed by atoms with E-state index in [-0.39, 0.29) is 23.0 Å². The highest BCUT2D eigenvalue weighted by Gasteiger charge is 2.13. The molecule has 0 bridgehead atoms. The molecule has 0 radical (unpaired) electrons. The molecule has 0 fully saturated rings. The number of hydrogen-bond acceptors (Lipinski definition) is 3. The maximum atomic E-state index is 13.7. The van der Waals surface area contributed by atoms with E-state index in [1.165, 1.54) is 6.07 Å². The molecule has 1 aromatic carbocycles. The first-order valence-corrected chi connectivity index (χ1v) is 5.93. The van der Waals surface area contributed by atoms with Crippen LogP contribution in [0.5, 0.6) is 0 Å². The van der Waals surface area contributed by atoms with Gasteiger partial charge in [0, 0.05) is 6.04 Å². The van der Waals surface area contributed by atoms with Crippen LogP contribution in [0.4, 0.5) is 4.39 Å². The Morgan fingerprint density at radius 1 is 1.47 bits per heavy atom. The van der Waals surface area contributed by atoms with E-state index in [1.807, 2.05) is 13.8 Å². The van der Waals surface area contributed by atoms with Crippen LogP contribution in [0.25, 0.3) is 0 Å². The summed E-state index contributed by atoms with van der Waals surface area (Å²) in [6.45, 7) is 4.31. The largest absolute Gasteiger partial charge is 0.377 e. The summed E-state index contributed by atoms with van der Waals surface area (Å²) < 4.78 is 19.1. The Labute approximate surface area is 106 Å². The number of ether oxygens (including phenoxy) is 1. The summed E-state index contributed by atoms with van der Waals surface area (Å²) in [5.41, 5.74) is 3.15. The van der Waals surface area contributed by atoms with Gasteiger partial charge in [0.05, 0.1) is 17.7 Å². The van der Waals surface area contributed by atoms with Crippen molar-refractivity contribution in [1.29, 1.82) is 0 Å². The van der Waals surface area contributed by atoms with E-state index < -0.39 is 0 Å². The highest BCUT2D eigenvalue weighted by Crippen LogP contribution is 2.19. The van der Waals surface area contributed by atoms with Gasteiger partial charge in [-0.25, -0.2) is 4.39 Å². The van der Waals surface area contributed by atoms with Crippen LogP contribution >= 0.6 is 11.6 Å². The van der Waals surface area contributed by atoms with E-state index in [1.54, 1.807) is 12.1 Å². The number of halogens is 2. The number of hydrogen-bond donors (Lipinski definition) is 2. The van der Waals surface area contributed by atoms with Crippen molar-refractivity contribution in [3.8, 4) is 0 Å². The van der Waals surface area contributed by atoms with Gasteiger partial charge in [-0.2, -0.15) is 0 Å². The standard InChI is InChI=1S/C12H18ClFN2O/c1-8(2)17-7-10(16-15)6-9-4-3-5-11(13)12(9)14/h3-5,8,10,16H,6-7,15H2,1-2H3. The minimum atomic E-state index is -0.390. The number of nitrogens with two attached hydrogens (primary N) is 1. The molecule has 3 N–H and O–H groups in total. The van der Waals surface area contributed by atoms with Crippen LogP contribution < -0.4 is 11.3 Å². The number of hydrazine groups is 1. The Bertz CT molecular complexity index is 360. The van der Waals surface area contributed by atoms with Crippen molar-refractivity contribution >= 4 is 11.6 Å². The van der Waals surface area contributed by atoms with Crippen LogP contribution in [0.15, 0.2) is 18.2 Å². The molecule has 0 amide bonds. The van der Waals surface area contributed by atoms with E-state index in [0.29, 0.717) is 18.6 Å². The van der Waals surface area contributed by atoms with Gasteiger partial charge in [0.15, 0.2) is 0 Å². The second-order valence-electron chi connectivity index (χ2n) is 4.16. The molecule has 3 nitrogen and oxygen atoms in total. The molecule has 0 spiro atoms. The summed E-state index contributed by atoms with van der Waals surface area (Å²) >= 11 is 5.71. The Hall–Kier alpha value is -0.680. The minimum absolute atomic E-state index is 0.120. The van der Waals surface area contributed by atoms with Crippen molar-refractivity contribution in [2.75, 3.05) is 6.61 Å². The third-order valence-corrected chi connectivity index (χ3v) is 2.66. The first kappa shape index (κ1) is 14.4. The van der Waals surface area contributed by atoms with Gasteiger partial charge in [-0.15, -0.1) is 0 Å². The van der Waals surface area contributed by atoms with Gasteiger partial charge < -0.3 is 4.74 Å². The van der Waals surface area contributed by atoms with Crippen molar-refractivity contribution in [2.45, 2.75) is 32.4 Å². The van der Waals surface area contributed by atoms with Gasteiger partial charge >= 0.3 is 0 Å². The maximum absolute atomic E-state index is 13.7. The van der Waals surface area contributed by atoms with E-state index in [9.17, 15) is 4.39 Å². The maximum Gasteiger partial charge on any atom is 0.145 e. The van der Waals surface area contributed by atoms with Crippen LogP contribution in [-0.2, 0) is 11.2 Å². The van der Waals surface area contributed by atoms with Crippen LogP contribution in [-0.4, -0.2) is 18.8 Å². The quantitative estimate of drug-likeness (QED) is 0.609. The first-order chi connectivity index (χ1) is 8.04. The molecule has 1 atom stereocenters. The van der Waals surface area contributed by atoms with Crippen molar-refractivity contribution in [1.82, 2.24) is 5.43 Å². The fourth-order valence-electron chi connectivity index (χ4n) is 1.45. The molecule has 1 aromatic rings. The number of rotatable bonds is 6. The molecule has 0 aromatic heterocycles. The summed E-state index contributed by atoms with van der Waals surface area (Å²) in [6, 6.07) is 4.81. The SMILES string of the molecule is CC(C)OCC(Cc1cccc(Cl)c1F)NN. The summed E-state index contributed by atoms with van der Waals surface area (Å²) in [6.07, 6.45) is 0.561. The van der Waals surface area contributed by atoms with Crippen LogP contribution in [0.2, 0.25) is 5.02 Å². The fraction of sp³-hybridized carbons (Fsp3) is 0.500. The van der Waals surface area contributed by atoms with Gasteiger partial charge in [-0.1, -0.05) is 23.7 Å². The molecule has 96 valence electrons. The van der Waals surface area contributed by atoms with Crippen molar-refractivity contribution in [3.63, 3.8) is 0 Å². The highest BCUT2D eigenvalue weighted by atomic mass is 35.5. The number of benzene rings is 1. The highest BCUT2D eigenvalue weighted by molar-refractivity contribution is 6.30. The zero-order chi connectivity index (χ0) is 12.8. The molecule has 0 aliphatic rings. The summed E-state index contributed by atoms with van der Waals surface area (Å²) in [5.74, 6) is 5.02. The Morgan fingerprint density at radius 3 is 2.76 bits per heavy atom. The summed E-state index contributed by atoms with van der Waals surface area (Å²) in [5, 5.41) is 0.128. The molecule has 0 aliphatic carbocycles. The van der Waals surface area contributed by atoms with Crippen molar-refractivity contribution in [3.05, 3.63) is 34.6 Å². The molecule has 5 heteroatoms. The Balaban J connectivity index is 2.64. The second-order valence-corrected chi connectivity index (χ2v) is 4.57. The molecule has 0 saturated heterocycles. The summed E-state index contributed by atoms with van der Waals surface area (Å²) in [4.78, 5) is 0. The third kappa shape index (κ3) is 4.60. The predicted molar refractivity (Wildman–Crippen MR) is 67.3 cm³/mol. The average Bonchev–Trinajstić information content (AvgIpc) is 2.29. The molecular formula is C12H18ClFN2O. The van der Waals surface area contributed by atoms with Crippen LogP contribution in [0, 0.1) is 5.82 Å². The fourth-order valence-corrected chi connectivity index (χ4v) is 1.64. The van der Waals surface area contributed by atoms with Gasteiger partial charge in [0.2, 0.25) is 0 Å². The molecule has 1 unspecified atom stereocenters. The monoisotopic (exact) mass is 260 g/mol. The Kier molecular flexibility index (Phi) is 5.85. The van der Waals surface area contributed by atoms with E-state index in [4.69, 9.17) is 22.2 Å². The van der Waals surface area contributed by atoms with Crippen LogP contribution in [0.3, 0.4) is 0 Å². The molecule has 0 aliphatic heterocycles. The molecular weight excluding hydrogens is 243 g/mol. The van der Waals surface area contributed by atoms with E-state index >= 15 is 0 Å². The average molecular weight is 261 g/mol. The smallest absolute Gasteiger partial charge is 0.145 e. The Morgan fingerprint density at radius 2 is 2.18 bits per heavy atom. The lowest BCUT2D eigenvalue weighted by atomic mass is 10.1. The zero-order valence-electron chi connectivity index (χ0n) is 10.0. The van der Waals surface area contributed by atoms with Gasteiger partial charge in [-0.05, 0) is 31.9 Å². The molecule has 17 heavy (non-hydrogen) atoms. The van der Waals surface area contributed by atoms with Crippen molar-refractivity contribution in [2.24, 2.45) is 5.84 Å². The second kappa shape index (κ2) is 6.91. The molecule has 0 saturated carbocycles. The van der Waals surface area contributed by atoms with Gasteiger partial charge in [0.1, 0.15) is 5.82 Å². The van der Waals surface area contributed by atoms with Gasteiger partial charge in [-0.3, -0.25) is 11.3 Å². The van der Waals surface area contributed by atoms with E-state index in [0.717, 1.165) is 0 Å². The topological polar surface area (TPSA) is 47.3 Å². The van der Waals surface area contributed by atoms with Crippen molar-refractivity contribution < 1.29 is 9.13 Å². The van der Waals surface area contributed by atoms with Gasteiger partial charge in [0.25, 0.3) is 0 Å². The third-order valence-electron chi connectivity index (χ3n) is 2.36. The predicted octanol–water partition coefficient (Wildman–Crippen LogP) is 2.28. The minimum Gasteiger partial charge on any atom is -0.377 e. The molecule has 1 rings (SSSR count). The zero-order valence-corrected chi connectivity index (χ0v) is 10.8. The first-order valence-electron chi connectivity index (χ1n) is 5.55. The molecule has 0 heterocycles. The lowest BCUT2D eigenvalue weighted by Gasteiger charge is -2.18. The summed E-state index contributed by atoms with van der Waals surface area (Å²) in [7, 11) is 0. The lowest BCUT2D eigenvalue weighted by Crippen LogP contribution is -2.41. The van der Waals surface area contributed by atoms with Crippen LogP contribution in [0.1, 0.15) is 19.4 Å². The van der Waals surface area contributed by atoms with E-state index in [2.05, 4.69) is 5.43 Å². The number of nitrogens with one attached hydrogen (secondary N) is 1.